The Labute approximate surface area is 172 Å². The van der Waals surface area contributed by atoms with Crippen LogP contribution in [0.1, 0.15) is 48.3 Å². The molecule has 0 saturated carbocycles. The van der Waals surface area contributed by atoms with E-state index in [1.54, 1.807) is 23.1 Å². The van der Waals surface area contributed by atoms with Gasteiger partial charge in [0.05, 0.1) is 26.5 Å². The highest BCUT2D eigenvalue weighted by atomic mass is 19.4. The van der Waals surface area contributed by atoms with Gasteiger partial charge in [-0.3, -0.25) is 4.79 Å². The zero-order chi connectivity index (χ0) is 22.1. The van der Waals surface area contributed by atoms with Crippen molar-refractivity contribution in [3.63, 3.8) is 0 Å². The summed E-state index contributed by atoms with van der Waals surface area (Å²) in [6, 6.07) is 2.42. The first-order valence-corrected chi connectivity index (χ1v) is 9.67. The summed E-state index contributed by atoms with van der Waals surface area (Å²) in [7, 11) is 2.95. The molecule has 0 unspecified atom stereocenters. The van der Waals surface area contributed by atoms with Crippen LogP contribution in [-0.4, -0.2) is 54.1 Å². The monoisotopic (exact) mass is 426 g/mol. The second-order valence-electron chi connectivity index (χ2n) is 6.93. The second kappa shape index (κ2) is 8.45. The molecule has 1 aromatic heterocycles. The number of hydrogen-bond acceptors (Lipinski definition) is 5. The molecule has 0 bridgehead atoms. The fourth-order valence-corrected chi connectivity index (χ4v) is 3.69. The van der Waals surface area contributed by atoms with Crippen molar-refractivity contribution in [1.29, 1.82) is 0 Å². The largest absolute Gasteiger partial charge is 0.493 e. The van der Waals surface area contributed by atoms with Crippen LogP contribution in [0.2, 0.25) is 0 Å². The number of benzene rings is 1. The van der Waals surface area contributed by atoms with Crippen molar-refractivity contribution < 1.29 is 27.4 Å². The highest BCUT2D eigenvalue weighted by Crippen LogP contribution is 2.45. The van der Waals surface area contributed by atoms with Gasteiger partial charge in [-0.25, -0.2) is 4.68 Å². The van der Waals surface area contributed by atoms with Gasteiger partial charge in [0.15, 0.2) is 17.5 Å². The summed E-state index contributed by atoms with van der Waals surface area (Å²) in [5, 5.41) is 7.00. The topological polar surface area (TPSA) is 68.6 Å². The standard InChI is InChI=1S/C20H25F3N4O3/c1-5-26(6-2)19(28)13-11-24-27-17(20(21,22)23)10-14(25-18(13)27)12-7-8-15(29-3)16(9-12)30-4/h7-9,11,14,17,25H,5-6,10H2,1-4H3/t14-,17+/m1/s1. The van der Waals surface area contributed by atoms with Crippen molar-refractivity contribution in [2.24, 2.45) is 0 Å². The van der Waals surface area contributed by atoms with Crippen molar-refractivity contribution >= 4 is 11.7 Å². The maximum atomic E-state index is 13.8. The molecule has 0 fully saturated rings. The van der Waals surface area contributed by atoms with Crippen molar-refractivity contribution in [2.75, 3.05) is 32.6 Å². The van der Waals surface area contributed by atoms with Gasteiger partial charge in [0, 0.05) is 19.5 Å². The van der Waals surface area contributed by atoms with E-state index in [4.69, 9.17) is 9.47 Å². The summed E-state index contributed by atoms with van der Waals surface area (Å²) >= 11 is 0. The number of halogens is 3. The SMILES string of the molecule is CCN(CC)C(=O)c1cnn2c1N[C@@H](c1ccc(OC)c(OC)c1)C[C@H]2C(F)(F)F. The van der Waals surface area contributed by atoms with Crippen LogP contribution in [0.25, 0.3) is 0 Å². The summed E-state index contributed by atoms with van der Waals surface area (Å²) in [4.78, 5) is 14.4. The van der Waals surface area contributed by atoms with Crippen molar-refractivity contribution in [3.05, 3.63) is 35.5 Å². The number of ether oxygens (including phenoxy) is 2. The summed E-state index contributed by atoms with van der Waals surface area (Å²) in [5.74, 6) is 0.605. The van der Waals surface area contributed by atoms with E-state index in [1.807, 2.05) is 13.8 Å². The number of carbonyl (C=O) groups excluding carboxylic acids is 1. The van der Waals surface area contributed by atoms with E-state index in [9.17, 15) is 18.0 Å². The Kier molecular flexibility index (Phi) is 6.14. The number of carbonyl (C=O) groups is 1. The van der Waals surface area contributed by atoms with Crippen LogP contribution in [0.15, 0.2) is 24.4 Å². The number of rotatable bonds is 6. The maximum absolute atomic E-state index is 13.8. The molecule has 10 heteroatoms. The Bertz CT molecular complexity index is 909. The highest BCUT2D eigenvalue weighted by Gasteiger charge is 2.47. The van der Waals surface area contributed by atoms with Crippen LogP contribution in [-0.2, 0) is 0 Å². The Balaban J connectivity index is 2.05. The normalized spacial score (nSPS) is 18.4. The lowest BCUT2D eigenvalue weighted by Crippen LogP contribution is -2.37. The van der Waals surface area contributed by atoms with Gasteiger partial charge in [0.1, 0.15) is 11.4 Å². The third kappa shape index (κ3) is 3.90. The number of nitrogens with zero attached hydrogens (tertiary/aromatic N) is 3. The zero-order valence-corrected chi connectivity index (χ0v) is 17.3. The molecule has 1 aliphatic rings. The van der Waals surface area contributed by atoms with Gasteiger partial charge in [0.25, 0.3) is 5.91 Å². The predicted molar refractivity (Wildman–Crippen MR) is 105 cm³/mol. The lowest BCUT2D eigenvalue weighted by Gasteiger charge is -2.34. The summed E-state index contributed by atoms with van der Waals surface area (Å²) in [6.07, 6.45) is -3.58. The second-order valence-corrected chi connectivity index (χ2v) is 6.93. The lowest BCUT2D eigenvalue weighted by atomic mass is 9.96. The molecule has 0 spiro atoms. The van der Waals surface area contributed by atoms with Crippen molar-refractivity contribution in [3.8, 4) is 11.5 Å². The van der Waals surface area contributed by atoms with E-state index in [0.29, 0.717) is 30.2 Å². The fraction of sp³-hybridized carbons (Fsp3) is 0.500. The van der Waals surface area contributed by atoms with Crippen LogP contribution in [0.4, 0.5) is 19.0 Å². The lowest BCUT2D eigenvalue weighted by molar-refractivity contribution is -0.173. The highest BCUT2D eigenvalue weighted by molar-refractivity contribution is 5.99. The smallest absolute Gasteiger partial charge is 0.410 e. The van der Waals surface area contributed by atoms with Gasteiger partial charge >= 0.3 is 6.18 Å². The van der Waals surface area contributed by atoms with E-state index in [0.717, 1.165) is 4.68 Å². The minimum atomic E-state index is -4.52. The Morgan fingerprint density at radius 1 is 1.23 bits per heavy atom. The molecule has 1 aromatic carbocycles. The van der Waals surface area contributed by atoms with E-state index >= 15 is 0 Å². The molecule has 30 heavy (non-hydrogen) atoms. The van der Waals surface area contributed by atoms with Crippen LogP contribution in [0.3, 0.4) is 0 Å². The third-order valence-electron chi connectivity index (χ3n) is 5.33. The molecule has 164 valence electrons. The van der Waals surface area contributed by atoms with Gasteiger partial charge in [-0.1, -0.05) is 6.07 Å². The Hall–Kier alpha value is -2.91. The molecular formula is C20H25F3N4O3. The molecule has 2 atom stereocenters. The molecule has 3 rings (SSSR count). The minimum Gasteiger partial charge on any atom is -0.493 e. The molecule has 1 amide bonds. The number of alkyl halides is 3. The van der Waals surface area contributed by atoms with Crippen LogP contribution in [0, 0.1) is 0 Å². The number of anilines is 1. The molecule has 7 nitrogen and oxygen atoms in total. The molecule has 2 aromatic rings. The first kappa shape index (κ1) is 21.8. The van der Waals surface area contributed by atoms with Crippen molar-refractivity contribution in [2.45, 2.75) is 38.5 Å². The van der Waals surface area contributed by atoms with E-state index < -0.39 is 18.3 Å². The van der Waals surface area contributed by atoms with E-state index in [1.165, 1.54) is 20.4 Å². The molecule has 0 saturated heterocycles. The van der Waals surface area contributed by atoms with Gasteiger partial charge in [-0.05, 0) is 31.5 Å². The first-order valence-electron chi connectivity index (χ1n) is 9.67. The Morgan fingerprint density at radius 2 is 1.90 bits per heavy atom. The number of methoxy groups -OCH3 is 2. The van der Waals surface area contributed by atoms with Crippen LogP contribution >= 0.6 is 0 Å². The average molecular weight is 426 g/mol. The van der Waals surface area contributed by atoms with E-state index in [-0.39, 0.29) is 23.7 Å². The average Bonchev–Trinajstić information content (AvgIpc) is 3.16. The summed E-state index contributed by atoms with van der Waals surface area (Å²) in [5.41, 5.74) is 0.716. The van der Waals surface area contributed by atoms with Gasteiger partial charge in [0.2, 0.25) is 0 Å². The number of aromatic nitrogens is 2. The third-order valence-corrected chi connectivity index (χ3v) is 5.33. The fourth-order valence-electron chi connectivity index (χ4n) is 3.69. The number of amides is 1. The molecule has 1 N–H and O–H groups in total. The predicted octanol–water partition coefficient (Wildman–Crippen LogP) is 4.04. The summed E-state index contributed by atoms with van der Waals surface area (Å²) < 4.78 is 52.9. The first-order chi connectivity index (χ1) is 14.2. The number of nitrogens with one attached hydrogen (secondary N) is 1. The van der Waals surface area contributed by atoms with Gasteiger partial charge < -0.3 is 19.7 Å². The molecule has 0 radical (unpaired) electrons. The molecule has 2 heterocycles. The molecular weight excluding hydrogens is 401 g/mol. The van der Waals surface area contributed by atoms with Crippen LogP contribution in [0.5, 0.6) is 11.5 Å². The Morgan fingerprint density at radius 3 is 2.47 bits per heavy atom. The minimum absolute atomic E-state index is 0.0697. The molecule has 0 aliphatic carbocycles. The molecule has 1 aliphatic heterocycles. The van der Waals surface area contributed by atoms with E-state index in [2.05, 4.69) is 10.4 Å². The quantitative estimate of drug-likeness (QED) is 0.755. The zero-order valence-electron chi connectivity index (χ0n) is 17.3. The maximum Gasteiger partial charge on any atom is 0.410 e. The number of hydrogen-bond donors (Lipinski definition) is 1. The van der Waals surface area contributed by atoms with Gasteiger partial charge in [-0.15, -0.1) is 0 Å². The number of fused-ring (bicyclic) bond motifs is 1. The van der Waals surface area contributed by atoms with Crippen molar-refractivity contribution in [1.82, 2.24) is 14.7 Å². The van der Waals surface area contributed by atoms with Crippen LogP contribution < -0.4 is 14.8 Å². The van der Waals surface area contributed by atoms with Gasteiger partial charge in [-0.2, -0.15) is 18.3 Å². The summed E-state index contributed by atoms with van der Waals surface area (Å²) in [6.45, 7) is 4.52.